The molecule has 2 aromatic rings. The lowest BCUT2D eigenvalue weighted by molar-refractivity contribution is -0.113. The van der Waals surface area contributed by atoms with Gasteiger partial charge in [0.1, 0.15) is 10.8 Å². The SMILES string of the molecule is CCOC(=O)c1c(NC(=O)CS(=O)(=O)Cc2ccc(Cl)cc2)sc2c1CCCC2. The number of halogens is 1. The zero-order chi connectivity index (χ0) is 21.0. The number of nitrogens with one attached hydrogen (secondary N) is 1. The van der Waals surface area contributed by atoms with E-state index in [0.717, 1.165) is 36.1 Å². The van der Waals surface area contributed by atoms with Crippen LogP contribution in [0.15, 0.2) is 24.3 Å². The number of rotatable bonds is 7. The summed E-state index contributed by atoms with van der Waals surface area (Å²) in [4.78, 5) is 26.0. The van der Waals surface area contributed by atoms with Crippen molar-refractivity contribution >= 4 is 49.7 Å². The number of benzene rings is 1. The van der Waals surface area contributed by atoms with E-state index in [4.69, 9.17) is 16.3 Å². The Hall–Kier alpha value is -1.90. The third-order valence-electron chi connectivity index (χ3n) is 4.55. The van der Waals surface area contributed by atoms with E-state index < -0.39 is 27.5 Å². The first kappa shape index (κ1) is 21.8. The number of hydrogen-bond donors (Lipinski definition) is 1. The molecule has 1 aromatic heterocycles. The number of aryl methyl sites for hydroxylation is 1. The van der Waals surface area contributed by atoms with Gasteiger partial charge in [-0.1, -0.05) is 23.7 Å². The third-order valence-corrected chi connectivity index (χ3v) is 7.49. The van der Waals surface area contributed by atoms with Crippen molar-refractivity contribution in [1.82, 2.24) is 0 Å². The second-order valence-electron chi connectivity index (χ2n) is 6.84. The van der Waals surface area contributed by atoms with Crippen molar-refractivity contribution in [1.29, 1.82) is 0 Å². The molecule has 9 heteroatoms. The molecule has 0 fully saturated rings. The number of esters is 1. The highest BCUT2D eigenvalue weighted by Crippen LogP contribution is 2.38. The molecule has 1 heterocycles. The van der Waals surface area contributed by atoms with Gasteiger partial charge in [-0.15, -0.1) is 11.3 Å². The molecule has 156 valence electrons. The fourth-order valence-corrected chi connectivity index (χ4v) is 6.01. The van der Waals surface area contributed by atoms with Crippen molar-refractivity contribution < 1.29 is 22.7 Å². The van der Waals surface area contributed by atoms with Crippen LogP contribution in [-0.2, 0) is 38.0 Å². The highest BCUT2D eigenvalue weighted by Gasteiger charge is 2.28. The molecule has 0 atom stereocenters. The summed E-state index contributed by atoms with van der Waals surface area (Å²) in [6.45, 7) is 1.95. The quantitative estimate of drug-likeness (QED) is 0.637. The van der Waals surface area contributed by atoms with E-state index >= 15 is 0 Å². The number of ether oxygens (including phenoxy) is 1. The van der Waals surface area contributed by atoms with Crippen LogP contribution in [0.1, 0.15) is 46.1 Å². The predicted molar refractivity (Wildman–Crippen MR) is 114 cm³/mol. The van der Waals surface area contributed by atoms with E-state index in [1.165, 1.54) is 11.3 Å². The molecule has 0 aliphatic heterocycles. The number of thiophene rings is 1. The van der Waals surface area contributed by atoms with Gasteiger partial charge in [-0.25, -0.2) is 13.2 Å². The van der Waals surface area contributed by atoms with Gasteiger partial charge in [-0.3, -0.25) is 4.79 Å². The van der Waals surface area contributed by atoms with E-state index in [1.54, 1.807) is 31.2 Å². The van der Waals surface area contributed by atoms with Crippen molar-refractivity contribution in [2.45, 2.75) is 38.4 Å². The normalized spacial score (nSPS) is 13.6. The van der Waals surface area contributed by atoms with Crippen LogP contribution in [0.5, 0.6) is 0 Å². The van der Waals surface area contributed by atoms with Gasteiger partial charge in [0, 0.05) is 9.90 Å². The Morgan fingerprint density at radius 3 is 2.55 bits per heavy atom. The topological polar surface area (TPSA) is 89.5 Å². The number of fused-ring (bicyclic) bond motifs is 1. The summed E-state index contributed by atoms with van der Waals surface area (Å²) in [7, 11) is -3.68. The minimum atomic E-state index is -3.68. The van der Waals surface area contributed by atoms with Crippen molar-refractivity contribution in [2.75, 3.05) is 17.7 Å². The van der Waals surface area contributed by atoms with Crippen LogP contribution < -0.4 is 5.32 Å². The zero-order valence-corrected chi connectivity index (χ0v) is 18.4. The number of amides is 1. The van der Waals surface area contributed by atoms with Gasteiger partial charge < -0.3 is 10.1 Å². The molecule has 6 nitrogen and oxygen atoms in total. The Kier molecular flexibility index (Phi) is 6.97. The van der Waals surface area contributed by atoms with Gasteiger partial charge in [0.05, 0.1) is 17.9 Å². The maximum atomic E-state index is 12.5. The number of carbonyl (C=O) groups excluding carboxylic acids is 2. The minimum absolute atomic E-state index is 0.228. The first-order chi connectivity index (χ1) is 13.8. The van der Waals surface area contributed by atoms with Crippen molar-refractivity contribution in [3.05, 3.63) is 50.9 Å². The van der Waals surface area contributed by atoms with Crippen LogP contribution in [0.4, 0.5) is 5.00 Å². The molecule has 3 rings (SSSR count). The summed E-state index contributed by atoms with van der Waals surface area (Å²) in [6, 6.07) is 6.44. The zero-order valence-electron chi connectivity index (χ0n) is 16.0. The number of hydrogen-bond acceptors (Lipinski definition) is 6. The highest BCUT2D eigenvalue weighted by atomic mass is 35.5. The number of sulfone groups is 1. The molecule has 0 bridgehead atoms. The number of anilines is 1. The van der Waals surface area contributed by atoms with Crippen LogP contribution in [0.25, 0.3) is 0 Å². The van der Waals surface area contributed by atoms with Gasteiger partial charge in [0.25, 0.3) is 0 Å². The van der Waals surface area contributed by atoms with E-state index in [1.807, 2.05) is 0 Å². The molecule has 0 saturated carbocycles. The van der Waals surface area contributed by atoms with Crippen molar-refractivity contribution in [3.8, 4) is 0 Å². The van der Waals surface area contributed by atoms with E-state index in [2.05, 4.69) is 5.32 Å². The maximum absolute atomic E-state index is 12.5. The Balaban J connectivity index is 1.75. The molecule has 0 radical (unpaired) electrons. The number of carbonyl (C=O) groups is 2. The molecule has 29 heavy (non-hydrogen) atoms. The molecular formula is C20H22ClNO5S2. The van der Waals surface area contributed by atoms with E-state index in [9.17, 15) is 18.0 Å². The Labute approximate surface area is 179 Å². The molecule has 1 N–H and O–H groups in total. The molecule has 1 aliphatic carbocycles. The van der Waals surface area contributed by atoms with Crippen LogP contribution in [-0.4, -0.2) is 32.7 Å². The molecule has 1 aliphatic rings. The van der Waals surface area contributed by atoms with Crippen molar-refractivity contribution in [3.63, 3.8) is 0 Å². The van der Waals surface area contributed by atoms with Crippen molar-refractivity contribution in [2.24, 2.45) is 0 Å². The van der Waals surface area contributed by atoms with Gasteiger partial charge in [0.15, 0.2) is 9.84 Å². The van der Waals surface area contributed by atoms with Gasteiger partial charge in [-0.05, 0) is 55.9 Å². The smallest absolute Gasteiger partial charge is 0.341 e. The standard InChI is InChI=1S/C20H22ClNO5S2/c1-2-27-20(24)18-15-5-3-4-6-16(15)28-19(18)22-17(23)12-29(25,26)11-13-7-9-14(21)10-8-13/h7-10H,2-6,11-12H2,1H3,(H,22,23). The Bertz CT molecular complexity index is 1010. The van der Waals surface area contributed by atoms with Gasteiger partial charge in [-0.2, -0.15) is 0 Å². The first-order valence-electron chi connectivity index (χ1n) is 9.35. The molecule has 0 saturated heterocycles. The van der Waals surface area contributed by atoms with Crippen LogP contribution in [0.3, 0.4) is 0 Å². The summed E-state index contributed by atoms with van der Waals surface area (Å²) in [5, 5.41) is 3.52. The largest absolute Gasteiger partial charge is 0.462 e. The second-order valence-corrected chi connectivity index (χ2v) is 10.4. The highest BCUT2D eigenvalue weighted by molar-refractivity contribution is 7.91. The summed E-state index contributed by atoms with van der Waals surface area (Å²) in [5.74, 6) is -2.07. The lowest BCUT2D eigenvalue weighted by Gasteiger charge is -2.12. The molecule has 1 amide bonds. The lowest BCUT2D eigenvalue weighted by Crippen LogP contribution is -2.24. The molecular weight excluding hydrogens is 434 g/mol. The summed E-state index contributed by atoms with van der Waals surface area (Å²) in [6.07, 6.45) is 3.60. The van der Waals surface area contributed by atoms with Gasteiger partial charge >= 0.3 is 5.97 Å². The molecule has 0 spiro atoms. The molecule has 0 unspecified atom stereocenters. The second kappa shape index (κ2) is 9.28. The Morgan fingerprint density at radius 2 is 1.86 bits per heavy atom. The van der Waals surface area contributed by atoms with Gasteiger partial charge in [0.2, 0.25) is 5.91 Å². The monoisotopic (exact) mass is 455 g/mol. The average Bonchev–Trinajstić information content (AvgIpc) is 3.00. The third kappa shape index (κ3) is 5.58. The molecule has 1 aromatic carbocycles. The summed E-state index contributed by atoms with van der Waals surface area (Å²) < 4.78 is 30.0. The minimum Gasteiger partial charge on any atom is -0.462 e. The summed E-state index contributed by atoms with van der Waals surface area (Å²) in [5.41, 5.74) is 1.84. The maximum Gasteiger partial charge on any atom is 0.341 e. The van der Waals surface area contributed by atoms with E-state index in [-0.39, 0.29) is 12.4 Å². The fourth-order valence-electron chi connectivity index (χ4n) is 3.32. The first-order valence-corrected chi connectivity index (χ1v) is 12.4. The Morgan fingerprint density at radius 1 is 1.17 bits per heavy atom. The van der Waals surface area contributed by atoms with E-state index in [0.29, 0.717) is 21.2 Å². The average molecular weight is 456 g/mol. The van der Waals surface area contributed by atoms with Crippen LogP contribution in [0.2, 0.25) is 5.02 Å². The van der Waals surface area contributed by atoms with Crippen LogP contribution >= 0.6 is 22.9 Å². The lowest BCUT2D eigenvalue weighted by atomic mass is 9.95. The summed E-state index contributed by atoms with van der Waals surface area (Å²) >= 11 is 7.15. The fraction of sp³-hybridized carbons (Fsp3) is 0.400. The predicted octanol–water partition coefficient (Wildman–Crippen LogP) is 4.01. The van der Waals surface area contributed by atoms with Crippen LogP contribution in [0, 0.1) is 0 Å².